The van der Waals surface area contributed by atoms with Crippen molar-refractivity contribution in [3.05, 3.63) is 83.5 Å². The second-order valence-electron chi connectivity index (χ2n) is 6.93. The third-order valence-corrected chi connectivity index (χ3v) is 7.76. The molecule has 0 atom stereocenters. The number of aryl methyl sites for hydroxylation is 1. The number of benzene rings is 2. The molecule has 0 fully saturated rings. The van der Waals surface area contributed by atoms with Gasteiger partial charge in [-0.1, -0.05) is 71.1 Å². The minimum atomic E-state index is 0.665. The van der Waals surface area contributed by atoms with E-state index >= 15 is 0 Å². The normalized spacial score (nSPS) is 11.4. The van der Waals surface area contributed by atoms with E-state index in [2.05, 4.69) is 50.3 Å². The summed E-state index contributed by atoms with van der Waals surface area (Å²) >= 11 is 5.03. The number of para-hydroxylation sites is 1. The number of hydrogen-bond donors (Lipinski definition) is 0. The maximum atomic E-state index is 5.35. The van der Waals surface area contributed by atoms with Crippen molar-refractivity contribution in [3.8, 4) is 0 Å². The Hall–Kier alpha value is -2.62. The Bertz CT molecular complexity index is 1260. The highest BCUT2D eigenvalue weighted by molar-refractivity contribution is 8.00. The molecule has 0 radical (unpaired) electrons. The van der Waals surface area contributed by atoms with E-state index in [1.165, 1.54) is 10.3 Å². The summed E-state index contributed by atoms with van der Waals surface area (Å²) in [7, 11) is 0. The quantitative estimate of drug-likeness (QED) is 0.268. The summed E-state index contributed by atoms with van der Waals surface area (Å²) in [4.78, 5) is 4.73. The predicted molar refractivity (Wildman–Crippen MR) is 126 cm³/mol. The first kappa shape index (κ1) is 20.3. The average Bonchev–Trinajstić information content (AvgIpc) is 3.50. The van der Waals surface area contributed by atoms with Crippen LogP contribution in [-0.2, 0) is 18.1 Å². The largest absolute Gasteiger partial charge is 0.360 e. The van der Waals surface area contributed by atoms with E-state index in [0.29, 0.717) is 11.5 Å². The molecule has 0 aliphatic heterocycles. The van der Waals surface area contributed by atoms with Gasteiger partial charge in [0.15, 0.2) is 9.50 Å². The molecule has 0 unspecified atom stereocenters. The first-order valence-electron chi connectivity index (χ1n) is 9.74. The molecule has 0 N–H and O–H groups in total. The summed E-state index contributed by atoms with van der Waals surface area (Å²) in [6, 6.07) is 20.6. The maximum absolute atomic E-state index is 5.35. The Morgan fingerprint density at radius 2 is 1.81 bits per heavy atom. The number of aromatic nitrogens is 5. The van der Waals surface area contributed by atoms with Crippen LogP contribution in [0, 0.1) is 6.92 Å². The summed E-state index contributed by atoms with van der Waals surface area (Å²) in [5.74, 6) is 3.15. The van der Waals surface area contributed by atoms with Crippen LogP contribution in [-0.4, -0.2) is 24.9 Å². The van der Waals surface area contributed by atoms with Crippen molar-refractivity contribution >= 4 is 45.1 Å². The van der Waals surface area contributed by atoms with Gasteiger partial charge in [0.25, 0.3) is 0 Å². The molecular weight excluding hydrogens is 446 g/mol. The zero-order valence-electron chi connectivity index (χ0n) is 16.8. The number of hydrogen-bond acceptors (Lipinski definition) is 8. The van der Waals surface area contributed by atoms with E-state index in [9.17, 15) is 0 Å². The first-order valence-corrected chi connectivity index (χ1v) is 12.5. The monoisotopic (exact) mass is 465 g/mol. The van der Waals surface area contributed by atoms with Crippen molar-refractivity contribution in [3.63, 3.8) is 0 Å². The third kappa shape index (κ3) is 4.84. The zero-order chi connectivity index (χ0) is 21.0. The van der Waals surface area contributed by atoms with Crippen LogP contribution in [0.5, 0.6) is 0 Å². The second kappa shape index (κ2) is 9.25. The van der Waals surface area contributed by atoms with E-state index < -0.39 is 0 Å². The van der Waals surface area contributed by atoms with Gasteiger partial charge in [-0.15, -0.1) is 21.5 Å². The molecule has 6 nitrogen and oxygen atoms in total. The molecule has 0 spiro atoms. The van der Waals surface area contributed by atoms with Gasteiger partial charge in [-0.2, -0.15) is 0 Å². The lowest BCUT2D eigenvalue weighted by molar-refractivity contribution is 0.391. The number of thiazole rings is 1. The minimum absolute atomic E-state index is 0.665. The summed E-state index contributed by atoms with van der Waals surface area (Å²) < 4.78 is 9.78. The van der Waals surface area contributed by atoms with Gasteiger partial charge in [0.2, 0.25) is 0 Å². The van der Waals surface area contributed by atoms with Crippen LogP contribution in [0.3, 0.4) is 0 Å². The summed E-state index contributed by atoms with van der Waals surface area (Å²) in [5, 5.41) is 13.8. The number of fused-ring (bicyclic) bond motifs is 1. The smallest absolute Gasteiger partial charge is 0.191 e. The van der Waals surface area contributed by atoms with Crippen molar-refractivity contribution in [2.45, 2.75) is 34.5 Å². The van der Waals surface area contributed by atoms with Crippen LogP contribution in [0.15, 0.2) is 74.7 Å². The number of nitrogens with zero attached hydrogens (tertiary/aromatic N) is 5. The van der Waals surface area contributed by atoms with Crippen LogP contribution < -0.4 is 0 Å². The van der Waals surface area contributed by atoms with Crippen molar-refractivity contribution in [1.29, 1.82) is 0 Å². The first-order chi connectivity index (χ1) is 15.2. The molecule has 31 heavy (non-hydrogen) atoms. The average molecular weight is 466 g/mol. The van der Waals surface area contributed by atoms with Crippen molar-refractivity contribution in [2.24, 2.45) is 0 Å². The Labute approximate surface area is 192 Å². The van der Waals surface area contributed by atoms with E-state index in [1.54, 1.807) is 34.9 Å². The highest BCUT2D eigenvalue weighted by atomic mass is 32.2. The lowest BCUT2D eigenvalue weighted by Crippen LogP contribution is -2.06. The summed E-state index contributed by atoms with van der Waals surface area (Å²) in [6.45, 7) is 2.65. The lowest BCUT2D eigenvalue weighted by Gasteiger charge is -2.09. The standard InChI is InChI=1S/C22H19N5OS3/c1-15-11-17(28-26-15)13-29-21-25-24-20(27(21)12-16-7-3-2-4-8-16)14-30-22-23-18-9-5-6-10-19(18)31-22/h2-11H,12-14H2,1H3. The third-order valence-electron chi connectivity index (χ3n) is 4.60. The summed E-state index contributed by atoms with van der Waals surface area (Å²) in [5.41, 5.74) is 3.14. The van der Waals surface area contributed by atoms with Gasteiger partial charge in [0.05, 0.1) is 34.0 Å². The fourth-order valence-electron chi connectivity index (χ4n) is 3.12. The molecule has 2 aromatic carbocycles. The van der Waals surface area contributed by atoms with Crippen LogP contribution in [0.2, 0.25) is 0 Å². The van der Waals surface area contributed by atoms with Crippen LogP contribution in [0.1, 0.15) is 22.8 Å². The van der Waals surface area contributed by atoms with Crippen molar-refractivity contribution < 1.29 is 4.52 Å². The van der Waals surface area contributed by atoms with Crippen LogP contribution in [0.25, 0.3) is 10.2 Å². The molecule has 0 saturated carbocycles. The van der Waals surface area contributed by atoms with Gasteiger partial charge in [-0.25, -0.2) is 4.98 Å². The fourth-order valence-corrected chi connectivity index (χ4v) is 5.96. The molecule has 0 saturated heterocycles. The SMILES string of the molecule is Cc1cc(CSc2nnc(CSc3nc4ccccc4s3)n2Cc2ccccc2)on1. The minimum Gasteiger partial charge on any atom is -0.360 e. The van der Waals surface area contributed by atoms with E-state index in [0.717, 1.165) is 38.8 Å². The highest BCUT2D eigenvalue weighted by Crippen LogP contribution is 2.32. The molecule has 3 heterocycles. The van der Waals surface area contributed by atoms with Crippen molar-refractivity contribution in [2.75, 3.05) is 0 Å². The summed E-state index contributed by atoms with van der Waals surface area (Å²) in [6.07, 6.45) is 0. The van der Waals surface area contributed by atoms with Crippen molar-refractivity contribution in [1.82, 2.24) is 24.9 Å². The Balaban J connectivity index is 1.36. The molecule has 5 rings (SSSR count). The number of rotatable bonds is 8. The topological polar surface area (TPSA) is 69.6 Å². The van der Waals surface area contributed by atoms with Gasteiger partial charge < -0.3 is 9.09 Å². The Kier molecular flexibility index (Phi) is 6.06. The van der Waals surface area contributed by atoms with Crippen LogP contribution >= 0.6 is 34.9 Å². The maximum Gasteiger partial charge on any atom is 0.191 e. The fraction of sp³-hybridized carbons (Fsp3) is 0.182. The predicted octanol–water partition coefficient (Wildman–Crippen LogP) is 5.82. The lowest BCUT2D eigenvalue weighted by atomic mass is 10.2. The van der Waals surface area contributed by atoms with Gasteiger partial charge in [-0.3, -0.25) is 0 Å². The zero-order valence-corrected chi connectivity index (χ0v) is 19.2. The second-order valence-corrected chi connectivity index (χ2v) is 10.1. The van der Waals surface area contributed by atoms with E-state index in [-0.39, 0.29) is 0 Å². The van der Waals surface area contributed by atoms with E-state index in [4.69, 9.17) is 9.51 Å². The van der Waals surface area contributed by atoms with Gasteiger partial charge >= 0.3 is 0 Å². The molecule has 9 heteroatoms. The molecule has 156 valence electrons. The molecule has 0 amide bonds. The molecule has 3 aromatic heterocycles. The molecule has 0 bridgehead atoms. The molecule has 5 aromatic rings. The highest BCUT2D eigenvalue weighted by Gasteiger charge is 2.16. The Morgan fingerprint density at radius 3 is 2.61 bits per heavy atom. The molecule has 0 aliphatic carbocycles. The van der Waals surface area contributed by atoms with Gasteiger partial charge in [0, 0.05) is 6.07 Å². The molecular formula is C22H19N5OS3. The van der Waals surface area contributed by atoms with Crippen LogP contribution in [0.4, 0.5) is 0 Å². The van der Waals surface area contributed by atoms with E-state index in [1.807, 2.05) is 37.3 Å². The van der Waals surface area contributed by atoms with Gasteiger partial charge in [-0.05, 0) is 24.6 Å². The number of thioether (sulfide) groups is 2. The molecule has 0 aliphatic rings. The van der Waals surface area contributed by atoms with Gasteiger partial charge in [0.1, 0.15) is 11.6 Å². The Morgan fingerprint density at radius 1 is 0.968 bits per heavy atom.